The number of ketones is 2. The molecule has 0 bridgehead atoms. The standard InChI is InChI=1S/C25H22O5/c1-2-23(26)20-12-14-22(15-13-20)29-17-25(28)30-16-24(27)21-10-8-19(9-11-21)18-6-4-3-5-7-18/h3-15H,2,16-17H2,1H3. The second-order valence-corrected chi connectivity index (χ2v) is 6.62. The molecule has 0 atom stereocenters. The fraction of sp³-hybridized carbons (Fsp3) is 0.160. The van der Waals surface area contributed by atoms with Crippen LogP contribution in [-0.4, -0.2) is 30.7 Å². The average Bonchev–Trinajstić information content (AvgIpc) is 2.81. The van der Waals surface area contributed by atoms with E-state index >= 15 is 0 Å². The first-order valence-corrected chi connectivity index (χ1v) is 9.67. The van der Waals surface area contributed by atoms with Gasteiger partial charge in [-0.25, -0.2) is 4.79 Å². The zero-order valence-electron chi connectivity index (χ0n) is 16.7. The van der Waals surface area contributed by atoms with Gasteiger partial charge in [0.2, 0.25) is 0 Å². The summed E-state index contributed by atoms with van der Waals surface area (Å²) in [5.41, 5.74) is 3.13. The Morgan fingerprint density at radius 1 is 0.667 bits per heavy atom. The Bertz CT molecular complexity index is 1010. The van der Waals surface area contributed by atoms with E-state index in [4.69, 9.17) is 9.47 Å². The van der Waals surface area contributed by atoms with Crippen LogP contribution in [0.15, 0.2) is 78.9 Å². The minimum Gasteiger partial charge on any atom is -0.482 e. The van der Waals surface area contributed by atoms with Gasteiger partial charge in [0.05, 0.1) is 0 Å². The van der Waals surface area contributed by atoms with Gasteiger partial charge >= 0.3 is 5.97 Å². The predicted octanol–water partition coefficient (Wildman–Crippen LogP) is 4.75. The number of esters is 1. The van der Waals surface area contributed by atoms with Crippen LogP contribution in [-0.2, 0) is 9.53 Å². The summed E-state index contributed by atoms with van der Waals surface area (Å²) in [6.07, 6.45) is 0.426. The van der Waals surface area contributed by atoms with Crippen molar-refractivity contribution in [3.8, 4) is 16.9 Å². The summed E-state index contributed by atoms with van der Waals surface area (Å²) in [7, 11) is 0. The van der Waals surface area contributed by atoms with Crippen LogP contribution < -0.4 is 4.74 Å². The number of benzene rings is 3. The summed E-state index contributed by atoms with van der Waals surface area (Å²) >= 11 is 0. The van der Waals surface area contributed by atoms with Gasteiger partial charge in [-0.1, -0.05) is 61.5 Å². The summed E-state index contributed by atoms with van der Waals surface area (Å²) in [6, 6.07) is 23.5. The van der Waals surface area contributed by atoms with Crippen molar-refractivity contribution in [2.75, 3.05) is 13.2 Å². The molecule has 5 heteroatoms. The highest BCUT2D eigenvalue weighted by atomic mass is 16.6. The normalized spacial score (nSPS) is 10.3. The average molecular weight is 402 g/mol. The van der Waals surface area contributed by atoms with E-state index in [1.165, 1.54) is 0 Å². The zero-order valence-corrected chi connectivity index (χ0v) is 16.7. The van der Waals surface area contributed by atoms with E-state index in [1.807, 2.05) is 42.5 Å². The molecule has 0 saturated heterocycles. The van der Waals surface area contributed by atoms with Gasteiger partial charge in [-0.05, 0) is 35.4 Å². The largest absolute Gasteiger partial charge is 0.482 e. The molecule has 0 aromatic heterocycles. The van der Waals surface area contributed by atoms with Gasteiger partial charge in [-0.2, -0.15) is 0 Å². The first kappa shape index (κ1) is 21.0. The molecule has 0 aliphatic rings. The molecule has 0 N–H and O–H groups in total. The predicted molar refractivity (Wildman–Crippen MR) is 114 cm³/mol. The topological polar surface area (TPSA) is 69.7 Å². The molecule has 0 spiro atoms. The van der Waals surface area contributed by atoms with Crippen LogP contribution in [0.25, 0.3) is 11.1 Å². The summed E-state index contributed by atoms with van der Waals surface area (Å²) in [6.45, 7) is 1.12. The molecule has 0 aliphatic carbocycles. The maximum absolute atomic E-state index is 12.3. The highest BCUT2D eigenvalue weighted by Gasteiger charge is 2.11. The molecule has 152 valence electrons. The molecule has 0 saturated carbocycles. The van der Waals surface area contributed by atoms with Gasteiger partial charge in [-0.3, -0.25) is 9.59 Å². The fourth-order valence-electron chi connectivity index (χ4n) is 2.83. The number of hydrogen-bond acceptors (Lipinski definition) is 5. The van der Waals surface area contributed by atoms with Crippen molar-refractivity contribution < 1.29 is 23.9 Å². The highest BCUT2D eigenvalue weighted by molar-refractivity contribution is 5.98. The van der Waals surface area contributed by atoms with Crippen LogP contribution >= 0.6 is 0 Å². The smallest absolute Gasteiger partial charge is 0.344 e. The Kier molecular flexibility index (Phi) is 7.11. The monoisotopic (exact) mass is 402 g/mol. The molecule has 0 fully saturated rings. The van der Waals surface area contributed by atoms with Gasteiger partial charge in [-0.15, -0.1) is 0 Å². The van der Waals surface area contributed by atoms with Gasteiger partial charge in [0, 0.05) is 17.5 Å². The van der Waals surface area contributed by atoms with E-state index in [9.17, 15) is 14.4 Å². The molecule has 0 heterocycles. The first-order chi connectivity index (χ1) is 14.6. The Morgan fingerprint density at radius 2 is 1.23 bits per heavy atom. The third kappa shape index (κ3) is 5.64. The molecule has 5 nitrogen and oxygen atoms in total. The van der Waals surface area contributed by atoms with Gasteiger partial charge in [0.1, 0.15) is 5.75 Å². The minimum absolute atomic E-state index is 0.0382. The molecule has 0 radical (unpaired) electrons. The zero-order chi connectivity index (χ0) is 21.3. The summed E-state index contributed by atoms with van der Waals surface area (Å²) in [5.74, 6) is -0.443. The van der Waals surface area contributed by atoms with Gasteiger partial charge in [0.15, 0.2) is 24.8 Å². The lowest BCUT2D eigenvalue weighted by Crippen LogP contribution is -2.19. The van der Waals surface area contributed by atoms with E-state index in [2.05, 4.69) is 0 Å². The van der Waals surface area contributed by atoms with Crippen molar-refractivity contribution in [2.24, 2.45) is 0 Å². The van der Waals surface area contributed by atoms with E-state index in [0.717, 1.165) is 11.1 Å². The van der Waals surface area contributed by atoms with E-state index in [1.54, 1.807) is 43.3 Å². The molecule has 3 aromatic rings. The SMILES string of the molecule is CCC(=O)c1ccc(OCC(=O)OCC(=O)c2ccc(-c3ccccc3)cc2)cc1. The van der Waals surface area contributed by atoms with E-state index < -0.39 is 5.97 Å². The fourth-order valence-corrected chi connectivity index (χ4v) is 2.83. The highest BCUT2D eigenvalue weighted by Crippen LogP contribution is 2.19. The Labute approximate surface area is 175 Å². The number of Topliss-reactive ketones (excluding diaryl/α,β-unsaturated/α-hetero) is 2. The number of ether oxygens (including phenoxy) is 2. The van der Waals surface area contributed by atoms with Crippen LogP contribution in [0.5, 0.6) is 5.75 Å². The van der Waals surface area contributed by atoms with Gasteiger partial charge in [0.25, 0.3) is 0 Å². The second-order valence-electron chi connectivity index (χ2n) is 6.62. The molecule has 30 heavy (non-hydrogen) atoms. The van der Waals surface area contributed by atoms with Crippen molar-refractivity contribution in [1.82, 2.24) is 0 Å². The molecule has 0 amide bonds. The van der Waals surface area contributed by atoms with Gasteiger partial charge < -0.3 is 9.47 Å². The second kappa shape index (κ2) is 10.2. The number of hydrogen-bond donors (Lipinski definition) is 0. The molecule has 3 aromatic carbocycles. The summed E-state index contributed by atoms with van der Waals surface area (Å²) < 4.78 is 10.3. The Hall–Kier alpha value is -3.73. The van der Waals surface area contributed by atoms with Crippen molar-refractivity contribution in [3.05, 3.63) is 90.0 Å². The van der Waals surface area contributed by atoms with Crippen LogP contribution in [0, 0.1) is 0 Å². The molecular formula is C25H22O5. The lowest BCUT2D eigenvalue weighted by atomic mass is 10.0. The maximum Gasteiger partial charge on any atom is 0.344 e. The number of rotatable bonds is 9. The lowest BCUT2D eigenvalue weighted by molar-refractivity contribution is -0.144. The van der Waals surface area contributed by atoms with Crippen molar-refractivity contribution in [1.29, 1.82) is 0 Å². The molecule has 0 unspecified atom stereocenters. The Morgan fingerprint density at radius 3 is 1.87 bits per heavy atom. The van der Waals surface area contributed by atoms with Crippen molar-refractivity contribution in [3.63, 3.8) is 0 Å². The van der Waals surface area contributed by atoms with E-state index in [-0.39, 0.29) is 24.8 Å². The third-order valence-corrected chi connectivity index (χ3v) is 4.53. The van der Waals surface area contributed by atoms with Crippen LogP contribution in [0.1, 0.15) is 34.1 Å². The third-order valence-electron chi connectivity index (χ3n) is 4.53. The summed E-state index contributed by atoms with van der Waals surface area (Å²) in [5, 5.41) is 0. The van der Waals surface area contributed by atoms with Crippen LogP contribution in [0.2, 0.25) is 0 Å². The maximum atomic E-state index is 12.3. The van der Waals surface area contributed by atoms with E-state index in [0.29, 0.717) is 23.3 Å². The minimum atomic E-state index is -0.641. The number of carbonyl (C=O) groups excluding carboxylic acids is 3. The lowest BCUT2D eigenvalue weighted by Gasteiger charge is -2.08. The quantitative estimate of drug-likeness (QED) is 0.382. The molecule has 3 rings (SSSR count). The molecule has 0 aliphatic heterocycles. The van der Waals surface area contributed by atoms with Crippen molar-refractivity contribution >= 4 is 17.5 Å². The van der Waals surface area contributed by atoms with Crippen molar-refractivity contribution in [2.45, 2.75) is 13.3 Å². The first-order valence-electron chi connectivity index (χ1n) is 9.67. The summed E-state index contributed by atoms with van der Waals surface area (Å²) in [4.78, 5) is 35.7. The Balaban J connectivity index is 1.46. The molecular weight excluding hydrogens is 380 g/mol. The van der Waals surface area contributed by atoms with Crippen LogP contribution in [0.3, 0.4) is 0 Å². The number of carbonyl (C=O) groups is 3. The van der Waals surface area contributed by atoms with Crippen LogP contribution in [0.4, 0.5) is 0 Å².